The average molecular weight is 680 g/mol. The summed E-state index contributed by atoms with van der Waals surface area (Å²) < 4.78 is 81.6. The van der Waals surface area contributed by atoms with Gasteiger partial charge in [-0.1, -0.05) is 6.92 Å². The van der Waals surface area contributed by atoms with Gasteiger partial charge in [0, 0.05) is 0 Å². The predicted molar refractivity (Wildman–Crippen MR) is 143 cm³/mol. The van der Waals surface area contributed by atoms with E-state index in [0.29, 0.717) is 12.3 Å². The Hall–Kier alpha value is -2.52. The molecule has 0 heterocycles. The first-order valence-corrected chi connectivity index (χ1v) is 14.9. The fourth-order valence-electron chi connectivity index (χ4n) is 5.41. The predicted octanol–water partition coefficient (Wildman–Crippen LogP) is 5.19. The lowest BCUT2D eigenvalue weighted by Gasteiger charge is -2.37. The Morgan fingerprint density at radius 1 is 1.10 bits per heavy atom. The van der Waals surface area contributed by atoms with Crippen molar-refractivity contribution in [1.29, 1.82) is 0 Å². The molecule has 1 N–H and O–H groups in total. The number of methoxy groups -OCH3 is 1. The van der Waals surface area contributed by atoms with E-state index in [1.54, 1.807) is 22.6 Å². The van der Waals surface area contributed by atoms with Gasteiger partial charge in [0.1, 0.15) is 18.0 Å². The number of hydrogen-bond acceptors (Lipinski definition) is 8. The van der Waals surface area contributed by atoms with Crippen molar-refractivity contribution >= 4 is 44.6 Å². The number of benzene rings is 2. The van der Waals surface area contributed by atoms with Crippen molar-refractivity contribution in [3.05, 3.63) is 50.6 Å². The van der Waals surface area contributed by atoms with Gasteiger partial charge in [-0.05, 0) is 90.8 Å². The van der Waals surface area contributed by atoms with Gasteiger partial charge in [-0.2, -0.15) is 12.8 Å². The summed E-state index contributed by atoms with van der Waals surface area (Å²) in [5, 5.41) is 0. The largest absolute Gasteiger partial charge is 0.493 e. The monoisotopic (exact) mass is 680 g/mol. The zero-order valence-electron chi connectivity index (χ0n) is 21.2. The molecule has 0 aromatic heterocycles. The number of hydrogen-bond donors (Lipinski definition) is 1. The SMILES string of the molecule is CCC1(Oc2cc(C(=O)Oc3c(I)cc(C(=O)OCCS(=O)(=O)O)cc3OC)cc(F)c2F)CC2CCC1C2. The summed E-state index contributed by atoms with van der Waals surface area (Å²) in [5.74, 6) is -4.83. The Morgan fingerprint density at radius 2 is 1.79 bits per heavy atom. The zero-order chi connectivity index (χ0) is 28.5. The van der Waals surface area contributed by atoms with Gasteiger partial charge < -0.3 is 18.9 Å². The molecular weight excluding hydrogens is 653 g/mol. The van der Waals surface area contributed by atoms with Crippen LogP contribution >= 0.6 is 22.6 Å². The van der Waals surface area contributed by atoms with Crippen molar-refractivity contribution in [1.82, 2.24) is 0 Å². The smallest absolute Gasteiger partial charge is 0.343 e. The van der Waals surface area contributed by atoms with Crippen LogP contribution in [0.2, 0.25) is 0 Å². The van der Waals surface area contributed by atoms with Crippen LogP contribution in [-0.4, -0.2) is 50.0 Å². The summed E-state index contributed by atoms with van der Waals surface area (Å²) in [7, 11) is -3.05. The minimum Gasteiger partial charge on any atom is -0.493 e. The van der Waals surface area contributed by atoms with E-state index >= 15 is 0 Å². The van der Waals surface area contributed by atoms with E-state index in [1.165, 1.54) is 19.2 Å². The number of ether oxygens (including phenoxy) is 4. The molecule has 2 fully saturated rings. The van der Waals surface area contributed by atoms with Crippen molar-refractivity contribution in [3.8, 4) is 17.2 Å². The Balaban J connectivity index is 1.55. The van der Waals surface area contributed by atoms with E-state index in [9.17, 15) is 26.8 Å². The quantitative estimate of drug-likeness (QED) is 0.156. The molecule has 0 radical (unpaired) electrons. The number of carbonyl (C=O) groups is 2. The molecule has 2 aromatic carbocycles. The van der Waals surface area contributed by atoms with Crippen LogP contribution in [0.25, 0.3) is 0 Å². The summed E-state index contributed by atoms with van der Waals surface area (Å²) in [6.45, 7) is 1.38. The first-order valence-electron chi connectivity index (χ1n) is 12.3. The fraction of sp³-hybridized carbons (Fsp3) is 0.462. The highest BCUT2D eigenvalue weighted by Gasteiger charge is 2.52. The van der Waals surface area contributed by atoms with E-state index in [1.807, 2.05) is 6.92 Å². The molecular formula is C26H27F2IO9S. The lowest BCUT2D eigenvalue weighted by molar-refractivity contribution is 0.00550. The number of rotatable bonds is 10. The average Bonchev–Trinajstić information content (AvgIpc) is 3.48. The van der Waals surface area contributed by atoms with Crippen molar-refractivity contribution in [3.63, 3.8) is 0 Å². The van der Waals surface area contributed by atoms with Gasteiger partial charge in [0.15, 0.2) is 23.1 Å². The third-order valence-corrected chi connectivity index (χ3v) is 8.78. The maximum absolute atomic E-state index is 14.8. The van der Waals surface area contributed by atoms with E-state index in [4.69, 9.17) is 23.5 Å². The molecule has 4 rings (SSSR count). The summed E-state index contributed by atoms with van der Waals surface area (Å²) in [6.07, 6.45) is 4.43. The first kappa shape index (κ1) is 29.5. The molecule has 13 heteroatoms. The lowest BCUT2D eigenvalue weighted by Crippen LogP contribution is -2.41. The lowest BCUT2D eigenvalue weighted by atomic mass is 9.82. The first-order chi connectivity index (χ1) is 18.4. The maximum atomic E-state index is 14.8. The second-order valence-electron chi connectivity index (χ2n) is 9.67. The summed E-state index contributed by atoms with van der Waals surface area (Å²) in [5.41, 5.74) is -0.918. The van der Waals surface area contributed by atoms with Gasteiger partial charge >= 0.3 is 11.9 Å². The van der Waals surface area contributed by atoms with Crippen LogP contribution in [0.4, 0.5) is 8.78 Å². The number of esters is 2. The molecule has 0 saturated heterocycles. The highest BCUT2D eigenvalue weighted by atomic mass is 127. The van der Waals surface area contributed by atoms with Crippen LogP contribution in [0, 0.1) is 27.0 Å². The van der Waals surface area contributed by atoms with E-state index in [2.05, 4.69) is 0 Å². The third-order valence-electron chi connectivity index (χ3n) is 7.30. The van der Waals surface area contributed by atoms with Gasteiger partial charge in [-0.15, -0.1) is 0 Å². The number of halogens is 3. The van der Waals surface area contributed by atoms with Crippen LogP contribution in [-0.2, 0) is 14.9 Å². The Morgan fingerprint density at radius 3 is 2.38 bits per heavy atom. The van der Waals surface area contributed by atoms with Crippen molar-refractivity contribution in [2.24, 2.45) is 11.8 Å². The van der Waals surface area contributed by atoms with Crippen LogP contribution in [0.15, 0.2) is 24.3 Å². The Labute approximate surface area is 238 Å². The molecule has 2 bridgehead atoms. The van der Waals surface area contributed by atoms with Crippen LogP contribution in [0.1, 0.15) is 59.7 Å². The van der Waals surface area contributed by atoms with Crippen LogP contribution in [0.5, 0.6) is 17.2 Å². The Kier molecular flexibility index (Phi) is 8.71. The van der Waals surface area contributed by atoms with Gasteiger partial charge in [-0.25, -0.2) is 14.0 Å². The summed E-state index contributed by atoms with van der Waals surface area (Å²) in [4.78, 5) is 25.3. The van der Waals surface area contributed by atoms with Gasteiger partial charge in [-0.3, -0.25) is 4.55 Å². The molecule has 2 aromatic rings. The molecule has 0 aliphatic heterocycles. The molecule has 2 saturated carbocycles. The van der Waals surface area contributed by atoms with Crippen LogP contribution < -0.4 is 14.2 Å². The van der Waals surface area contributed by atoms with Crippen molar-refractivity contribution < 1.29 is 50.3 Å². The highest BCUT2D eigenvalue weighted by molar-refractivity contribution is 14.1. The molecule has 2 aliphatic rings. The molecule has 0 amide bonds. The molecule has 212 valence electrons. The highest BCUT2D eigenvalue weighted by Crippen LogP contribution is 2.54. The molecule has 9 nitrogen and oxygen atoms in total. The summed E-state index contributed by atoms with van der Waals surface area (Å²) >= 11 is 1.78. The number of fused-ring (bicyclic) bond motifs is 2. The van der Waals surface area contributed by atoms with Gasteiger partial charge in [0.2, 0.25) is 5.82 Å². The second kappa shape index (κ2) is 11.5. The zero-order valence-corrected chi connectivity index (χ0v) is 24.1. The number of carbonyl (C=O) groups excluding carboxylic acids is 2. The molecule has 3 atom stereocenters. The van der Waals surface area contributed by atoms with Crippen molar-refractivity contribution in [2.75, 3.05) is 19.5 Å². The Bertz CT molecular complexity index is 1400. The molecule has 39 heavy (non-hydrogen) atoms. The minimum absolute atomic E-state index is 0.0365. The van der Waals surface area contributed by atoms with Crippen LogP contribution in [0.3, 0.4) is 0 Å². The maximum Gasteiger partial charge on any atom is 0.343 e. The normalized spacial score (nSPS) is 22.0. The van der Waals surface area contributed by atoms with E-state index in [-0.39, 0.29) is 37.9 Å². The van der Waals surface area contributed by atoms with Gasteiger partial charge in [0.25, 0.3) is 10.1 Å². The standard InChI is InChI=1S/C26H27F2IO9S/c1-3-26(13-14-4-5-17(26)8-14)38-20-11-15(9-18(27)22(20)28)25(31)37-23-19(29)10-16(12-21(23)35-2)24(30)36-6-7-39(32,33)34/h9-12,14,17H,3-8,13H2,1-2H3,(H,32,33,34). The van der Waals surface area contributed by atoms with Crippen molar-refractivity contribution in [2.45, 2.75) is 44.6 Å². The molecule has 2 aliphatic carbocycles. The van der Waals surface area contributed by atoms with Gasteiger partial charge in [0.05, 0.1) is 21.8 Å². The molecule has 3 unspecified atom stereocenters. The minimum atomic E-state index is -4.31. The summed E-state index contributed by atoms with van der Waals surface area (Å²) in [6, 6.07) is 4.37. The topological polar surface area (TPSA) is 125 Å². The fourth-order valence-corrected chi connectivity index (χ4v) is 6.42. The molecule has 0 spiro atoms. The van der Waals surface area contributed by atoms with E-state index < -0.39 is 51.7 Å². The third kappa shape index (κ3) is 6.46. The second-order valence-corrected chi connectivity index (χ2v) is 12.4. The van der Waals surface area contributed by atoms with E-state index in [0.717, 1.165) is 37.8 Å².